The SMILES string of the molecule is CCNC(=O)C(C)N(Cc1ccc(Cl)cc1)C(=O)CN(c1cc(Cl)ccc1OC)S(=O)(=O)c1ccccc1. The summed E-state index contributed by atoms with van der Waals surface area (Å²) in [7, 11) is -2.84. The van der Waals surface area contributed by atoms with Gasteiger partial charge < -0.3 is 15.0 Å². The Morgan fingerprint density at radius 1 is 0.974 bits per heavy atom. The second-order valence-corrected chi connectivity index (χ2v) is 11.1. The molecule has 11 heteroatoms. The lowest BCUT2D eigenvalue weighted by Gasteiger charge is -2.32. The van der Waals surface area contributed by atoms with Gasteiger partial charge in [0.2, 0.25) is 11.8 Å². The van der Waals surface area contributed by atoms with Crippen LogP contribution in [0.4, 0.5) is 5.69 Å². The molecule has 2 amide bonds. The van der Waals surface area contributed by atoms with Crippen molar-refractivity contribution in [3.63, 3.8) is 0 Å². The van der Waals surface area contributed by atoms with Crippen LogP contribution in [-0.2, 0) is 26.2 Å². The Hall–Kier alpha value is -3.27. The standard InChI is InChI=1S/C27H29Cl2N3O5S/c1-4-30-27(34)19(2)31(17-20-10-12-21(28)13-11-20)26(33)18-32(24-16-22(29)14-15-25(24)37-3)38(35,36)23-8-6-5-7-9-23/h5-16,19H,4,17-18H2,1-3H3,(H,30,34). The maximum absolute atomic E-state index is 13.9. The van der Waals surface area contributed by atoms with Crippen molar-refractivity contribution < 1.29 is 22.7 Å². The summed E-state index contributed by atoms with van der Waals surface area (Å²) in [6.07, 6.45) is 0. The molecule has 1 unspecified atom stereocenters. The number of likely N-dealkylation sites (N-methyl/N-ethyl adjacent to an activating group) is 1. The fraction of sp³-hybridized carbons (Fsp3) is 0.259. The van der Waals surface area contributed by atoms with E-state index in [1.54, 1.807) is 62.4 Å². The first kappa shape index (κ1) is 29.3. The number of methoxy groups -OCH3 is 1. The predicted molar refractivity (Wildman–Crippen MR) is 149 cm³/mol. The monoisotopic (exact) mass is 577 g/mol. The number of rotatable bonds is 11. The van der Waals surface area contributed by atoms with Crippen molar-refractivity contribution in [2.45, 2.75) is 31.3 Å². The number of carbonyl (C=O) groups is 2. The van der Waals surface area contributed by atoms with Gasteiger partial charge in [-0.15, -0.1) is 0 Å². The Kier molecular flexibility index (Phi) is 10.0. The quantitative estimate of drug-likeness (QED) is 0.354. The van der Waals surface area contributed by atoms with Crippen molar-refractivity contribution in [2.24, 2.45) is 0 Å². The van der Waals surface area contributed by atoms with Gasteiger partial charge in [0.1, 0.15) is 18.3 Å². The Morgan fingerprint density at radius 2 is 1.61 bits per heavy atom. The van der Waals surface area contributed by atoms with Gasteiger partial charge >= 0.3 is 0 Å². The number of nitrogens with zero attached hydrogens (tertiary/aromatic N) is 2. The lowest BCUT2D eigenvalue weighted by atomic mass is 10.1. The average Bonchev–Trinajstić information content (AvgIpc) is 2.91. The normalized spacial score (nSPS) is 11.9. The summed E-state index contributed by atoms with van der Waals surface area (Å²) in [5.74, 6) is -0.754. The minimum atomic E-state index is -4.24. The van der Waals surface area contributed by atoms with E-state index in [0.717, 1.165) is 9.87 Å². The molecule has 3 aromatic carbocycles. The van der Waals surface area contributed by atoms with Gasteiger partial charge in [0.05, 0.1) is 17.7 Å². The maximum Gasteiger partial charge on any atom is 0.264 e. The van der Waals surface area contributed by atoms with Gasteiger partial charge in [-0.3, -0.25) is 13.9 Å². The van der Waals surface area contributed by atoms with Crippen molar-refractivity contribution in [1.29, 1.82) is 0 Å². The van der Waals surface area contributed by atoms with Crippen LogP contribution < -0.4 is 14.4 Å². The number of hydrogen-bond donors (Lipinski definition) is 1. The molecule has 202 valence electrons. The Morgan fingerprint density at radius 3 is 2.21 bits per heavy atom. The number of sulfonamides is 1. The summed E-state index contributed by atoms with van der Waals surface area (Å²) in [6, 6.07) is 18.2. The summed E-state index contributed by atoms with van der Waals surface area (Å²) < 4.78 is 34.0. The van der Waals surface area contributed by atoms with Gasteiger partial charge in [-0.05, 0) is 61.9 Å². The highest BCUT2D eigenvalue weighted by Crippen LogP contribution is 2.35. The summed E-state index contributed by atoms with van der Waals surface area (Å²) in [5.41, 5.74) is 0.811. The third kappa shape index (κ3) is 6.98. The first-order valence-corrected chi connectivity index (χ1v) is 14.0. The molecule has 0 aliphatic rings. The number of hydrogen-bond acceptors (Lipinski definition) is 5. The highest BCUT2D eigenvalue weighted by atomic mass is 35.5. The molecular weight excluding hydrogens is 549 g/mol. The zero-order valence-electron chi connectivity index (χ0n) is 21.2. The van der Waals surface area contributed by atoms with E-state index in [-0.39, 0.29) is 33.8 Å². The molecular formula is C27H29Cl2N3O5S. The van der Waals surface area contributed by atoms with Gasteiger partial charge in [0.25, 0.3) is 10.0 Å². The molecule has 0 aliphatic heterocycles. The van der Waals surface area contributed by atoms with Crippen LogP contribution in [0.15, 0.2) is 77.7 Å². The maximum atomic E-state index is 13.9. The van der Waals surface area contributed by atoms with E-state index < -0.39 is 28.5 Å². The third-order valence-electron chi connectivity index (χ3n) is 5.80. The molecule has 0 bridgehead atoms. The van der Waals surface area contributed by atoms with Crippen molar-refractivity contribution in [1.82, 2.24) is 10.2 Å². The number of benzene rings is 3. The molecule has 1 atom stereocenters. The van der Waals surface area contributed by atoms with Crippen molar-refractivity contribution in [3.8, 4) is 5.75 Å². The van der Waals surface area contributed by atoms with Gasteiger partial charge in [-0.25, -0.2) is 8.42 Å². The molecule has 0 aliphatic carbocycles. The summed E-state index contributed by atoms with van der Waals surface area (Å²) >= 11 is 12.2. The smallest absolute Gasteiger partial charge is 0.264 e. The number of carbonyl (C=O) groups excluding carboxylic acids is 2. The average molecular weight is 579 g/mol. The van der Waals surface area contributed by atoms with Gasteiger partial charge in [0.15, 0.2) is 0 Å². The fourth-order valence-corrected chi connectivity index (χ4v) is 5.51. The Balaban J connectivity index is 2.08. The molecule has 38 heavy (non-hydrogen) atoms. The number of anilines is 1. The van der Waals surface area contributed by atoms with Gasteiger partial charge in [-0.2, -0.15) is 0 Å². The van der Waals surface area contributed by atoms with E-state index in [1.807, 2.05) is 0 Å². The summed E-state index contributed by atoms with van der Waals surface area (Å²) in [4.78, 5) is 27.9. The third-order valence-corrected chi connectivity index (χ3v) is 8.07. The van der Waals surface area contributed by atoms with Crippen LogP contribution in [0, 0.1) is 0 Å². The molecule has 1 N–H and O–H groups in total. The van der Waals surface area contributed by atoms with Crippen LogP contribution in [0.2, 0.25) is 10.0 Å². The molecule has 8 nitrogen and oxygen atoms in total. The van der Waals surface area contributed by atoms with Crippen LogP contribution >= 0.6 is 23.2 Å². The molecule has 0 radical (unpaired) electrons. The lowest BCUT2D eigenvalue weighted by Crippen LogP contribution is -2.51. The largest absolute Gasteiger partial charge is 0.495 e. The van der Waals surface area contributed by atoms with Gasteiger partial charge in [-0.1, -0.05) is 53.5 Å². The topological polar surface area (TPSA) is 96.0 Å². The molecule has 0 heterocycles. The van der Waals surface area contributed by atoms with Crippen LogP contribution in [0.5, 0.6) is 5.75 Å². The molecule has 0 spiro atoms. The molecule has 0 fully saturated rings. The highest BCUT2D eigenvalue weighted by molar-refractivity contribution is 7.92. The summed E-state index contributed by atoms with van der Waals surface area (Å²) in [6.45, 7) is 3.19. The van der Waals surface area contributed by atoms with Crippen LogP contribution in [0.3, 0.4) is 0 Å². The van der Waals surface area contributed by atoms with Crippen molar-refractivity contribution in [2.75, 3.05) is 24.5 Å². The lowest BCUT2D eigenvalue weighted by molar-refractivity contribution is -0.139. The minimum Gasteiger partial charge on any atom is -0.495 e. The van der Waals surface area contributed by atoms with Crippen LogP contribution in [-0.4, -0.2) is 51.4 Å². The Labute approximate surface area is 233 Å². The minimum absolute atomic E-state index is 0.0177. The van der Waals surface area contributed by atoms with E-state index in [0.29, 0.717) is 11.6 Å². The first-order valence-electron chi connectivity index (χ1n) is 11.8. The second-order valence-electron chi connectivity index (χ2n) is 8.36. The van der Waals surface area contributed by atoms with E-state index in [9.17, 15) is 18.0 Å². The van der Waals surface area contributed by atoms with E-state index >= 15 is 0 Å². The number of amides is 2. The van der Waals surface area contributed by atoms with Gasteiger partial charge in [0, 0.05) is 23.1 Å². The molecule has 0 saturated heterocycles. The number of halogens is 2. The summed E-state index contributed by atoms with van der Waals surface area (Å²) in [5, 5.41) is 3.50. The zero-order chi connectivity index (χ0) is 27.9. The second kappa shape index (κ2) is 13.0. The van der Waals surface area contributed by atoms with Crippen LogP contribution in [0.1, 0.15) is 19.4 Å². The highest BCUT2D eigenvalue weighted by Gasteiger charge is 2.33. The molecule has 3 aromatic rings. The predicted octanol–water partition coefficient (Wildman–Crippen LogP) is 4.75. The number of nitrogens with one attached hydrogen (secondary N) is 1. The van der Waals surface area contributed by atoms with Crippen molar-refractivity contribution >= 4 is 50.7 Å². The van der Waals surface area contributed by atoms with Crippen molar-refractivity contribution in [3.05, 3.63) is 88.4 Å². The molecule has 0 saturated carbocycles. The van der Waals surface area contributed by atoms with E-state index in [1.165, 1.54) is 36.3 Å². The molecule has 3 rings (SSSR count). The fourth-order valence-electron chi connectivity index (χ4n) is 3.78. The molecule has 0 aromatic heterocycles. The number of ether oxygens (including phenoxy) is 1. The first-order chi connectivity index (χ1) is 18.1. The van der Waals surface area contributed by atoms with E-state index in [2.05, 4.69) is 5.32 Å². The van der Waals surface area contributed by atoms with Crippen LogP contribution in [0.25, 0.3) is 0 Å². The Bertz CT molecular complexity index is 1370. The zero-order valence-corrected chi connectivity index (χ0v) is 23.6. The van der Waals surface area contributed by atoms with E-state index in [4.69, 9.17) is 27.9 Å².